The van der Waals surface area contributed by atoms with Gasteiger partial charge in [-0.05, 0) is 36.8 Å². The fourth-order valence-corrected chi connectivity index (χ4v) is 3.80. The fraction of sp³-hybridized carbons (Fsp3) is 0.667. The molecule has 3 atom stereocenters. The second-order valence-corrected chi connectivity index (χ2v) is 7.77. The number of methoxy groups -OCH3 is 1. The summed E-state index contributed by atoms with van der Waals surface area (Å²) in [7, 11) is 1.79. The summed E-state index contributed by atoms with van der Waals surface area (Å²) >= 11 is 0. The molecular formula is C21H34IN3O. The molecule has 0 bridgehead atoms. The van der Waals surface area contributed by atoms with Gasteiger partial charge in [-0.3, -0.25) is 4.99 Å². The third-order valence-electron chi connectivity index (χ3n) is 5.43. The second kappa shape index (κ2) is 9.93. The Kier molecular flexibility index (Phi) is 8.20. The zero-order valence-electron chi connectivity index (χ0n) is 16.6. The van der Waals surface area contributed by atoms with Crippen molar-refractivity contribution in [3.63, 3.8) is 0 Å². The minimum atomic E-state index is 0. The number of guanidine groups is 1. The SMILES string of the molecule is CCN=C(NC1CC1c1ccc(C(C)C)cc1)N1CCC(COC)C1.I. The zero-order valence-corrected chi connectivity index (χ0v) is 18.9. The molecule has 0 radical (unpaired) electrons. The number of nitrogens with one attached hydrogen (secondary N) is 1. The molecule has 1 aromatic carbocycles. The maximum atomic E-state index is 5.32. The van der Waals surface area contributed by atoms with Gasteiger partial charge in [0.15, 0.2) is 5.96 Å². The number of hydrogen-bond acceptors (Lipinski definition) is 2. The molecule has 1 N–H and O–H groups in total. The first kappa shape index (κ1) is 21.5. The minimum absolute atomic E-state index is 0. The fourth-order valence-electron chi connectivity index (χ4n) is 3.80. The van der Waals surface area contributed by atoms with E-state index in [-0.39, 0.29) is 24.0 Å². The number of ether oxygens (including phenoxy) is 1. The standard InChI is InChI=1S/C21H33N3O.HI/c1-5-22-21(24-11-10-16(13-24)14-25-4)23-20-12-19(20)18-8-6-17(7-9-18)15(2)3;/h6-9,15-16,19-20H,5,10-14H2,1-4H3,(H,22,23);1H. The highest BCUT2D eigenvalue weighted by Gasteiger charge is 2.40. The lowest BCUT2D eigenvalue weighted by Gasteiger charge is -2.22. The van der Waals surface area contributed by atoms with E-state index in [4.69, 9.17) is 9.73 Å². The molecule has 0 amide bonds. The van der Waals surface area contributed by atoms with Crippen LogP contribution in [-0.4, -0.2) is 50.3 Å². The summed E-state index contributed by atoms with van der Waals surface area (Å²) in [6.07, 6.45) is 2.40. The number of hydrogen-bond donors (Lipinski definition) is 1. The number of benzene rings is 1. The Balaban J connectivity index is 0.00000243. The monoisotopic (exact) mass is 471 g/mol. The highest BCUT2D eigenvalue weighted by atomic mass is 127. The quantitative estimate of drug-likeness (QED) is 0.384. The van der Waals surface area contributed by atoms with Crippen molar-refractivity contribution in [2.75, 3.05) is 33.4 Å². The van der Waals surface area contributed by atoms with E-state index in [0.29, 0.717) is 23.8 Å². The Morgan fingerprint density at radius 3 is 2.65 bits per heavy atom. The molecular weight excluding hydrogens is 437 g/mol. The van der Waals surface area contributed by atoms with Crippen LogP contribution in [0.4, 0.5) is 0 Å². The maximum absolute atomic E-state index is 5.32. The molecule has 0 spiro atoms. The van der Waals surface area contributed by atoms with E-state index in [2.05, 4.69) is 55.3 Å². The van der Waals surface area contributed by atoms with Crippen molar-refractivity contribution < 1.29 is 4.74 Å². The Hall–Kier alpha value is -0.820. The summed E-state index contributed by atoms with van der Waals surface area (Å²) < 4.78 is 5.32. The Labute approximate surface area is 175 Å². The molecule has 4 nitrogen and oxygen atoms in total. The molecule has 1 saturated carbocycles. The van der Waals surface area contributed by atoms with E-state index >= 15 is 0 Å². The van der Waals surface area contributed by atoms with Gasteiger partial charge in [0.25, 0.3) is 0 Å². The van der Waals surface area contributed by atoms with E-state index in [1.807, 2.05) is 0 Å². The van der Waals surface area contributed by atoms with Crippen LogP contribution in [0.15, 0.2) is 29.3 Å². The van der Waals surface area contributed by atoms with Crippen LogP contribution in [0.3, 0.4) is 0 Å². The van der Waals surface area contributed by atoms with Crippen molar-refractivity contribution in [1.82, 2.24) is 10.2 Å². The molecule has 1 aromatic rings. The van der Waals surface area contributed by atoms with Crippen LogP contribution in [0.2, 0.25) is 0 Å². The van der Waals surface area contributed by atoms with Crippen LogP contribution in [0.1, 0.15) is 56.6 Å². The van der Waals surface area contributed by atoms with Crippen LogP contribution >= 0.6 is 24.0 Å². The lowest BCUT2D eigenvalue weighted by atomic mass is 10.0. The van der Waals surface area contributed by atoms with Crippen LogP contribution in [0.5, 0.6) is 0 Å². The van der Waals surface area contributed by atoms with Gasteiger partial charge in [-0.2, -0.15) is 0 Å². The second-order valence-electron chi connectivity index (χ2n) is 7.77. The van der Waals surface area contributed by atoms with Gasteiger partial charge in [0.05, 0.1) is 6.61 Å². The van der Waals surface area contributed by atoms with Gasteiger partial charge in [-0.25, -0.2) is 0 Å². The first-order valence-electron chi connectivity index (χ1n) is 9.77. The summed E-state index contributed by atoms with van der Waals surface area (Å²) in [6, 6.07) is 9.71. The van der Waals surface area contributed by atoms with Gasteiger partial charge in [0, 0.05) is 44.6 Å². The molecule has 1 heterocycles. The van der Waals surface area contributed by atoms with E-state index in [9.17, 15) is 0 Å². The first-order chi connectivity index (χ1) is 12.1. The largest absolute Gasteiger partial charge is 0.384 e. The minimum Gasteiger partial charge on any atom is -0.384 e. The van der Waals surface area contributed by atoms with E-state index < -0.39 is 0 Å². The average molecular weight is 471 g/mol. The first-order valence-corrected chi connectivity index (χ1v) is 9.77. The molecule has 3 unspecified atom stereocenters. The van der Waals surface area contributed by atoms with E-state index in [1.165, 1.54) is 24.0 Å². The summed E-state index contributed by atoms with van der Waals surface area (Å²) in [5, 5.41) is 3.72. The van der Waals surface area contributed by atoms with Crippen LogP contribution in [-0.2, 0) is 4.74 Å². The molecule has 0 aromatic heterocycles. The Bertz CT molecular complexity index is 587. The van der Waals surface area contributed by atoms with Crippen LogP contribution < -0.4 is 5.32 Å². The Morgan fingerprint density at radius 2 is 2.04 bits per heavy atom. The Morgan fingerprint density at radius 1 is 1.31 bits per heavy atom. The average Bonchev–Trinajstić information content (AvgIpc) is 3.22. The van der Waals surface area contributed by atoms with Crippen molar-refractivity contribution in [3.8, 4) is 0 Å². The molecule has 3 rings (SSSR count). The predicted octanol–water partition coefficient (Wildman–Crippen LogP) is 4.22. The number of rotatable bonds is 6. The summed E-state index contributed by atoms with van der Waals surface area (Å²) in [4.78, 5) is 7.14. The molecule has 2 aliphatic rings. The maximum Gasteiger partial charge on any atom is 0.194 e. The van der Waals surface area contributed by atoms with Gasteiger partial charge in [0.1, 0.15) is 0 Å². The number of likely N-dealkylation sites (tertiary alicyclic amines) is 1. The van der Waals surface area contributed by atoms with Gasteiger partial charge in [-0.15, -0.1) is 24.0 Å². The van der Waals surface area contributed by atoms with Crippen molar-refractivity contribution >= 4 is 29.9 Å². The van der Waals surface area contributed by atoms with Crippen LogP contribution in [0.25, 0.3) is 0 Å². The number of halogens is 1. The highest BCUT2D eigenvalue weighted by Crippen LogP contribution is 2.41. The summed E-state index contributed by atoms with van der Waals surface area (Å²) in [5.41, 5.74) is 2.87. The topological polar surface area (TPSA) is 36.9 Å². The summed E-state index contributed by atoms with van der Waals surface area (Å²) in [5.74, 6) is 2.95. The normalized spacial score (nSPS) is 25.3. The third kappa shape index (κ3) is 5.35. The number of aliphatic imine (C=N–C) groups is 1. The van der Waals surface area contributed by atoms with Crippen molar-refractivity contribution in [2.45, 2.75) is 51.5 Å². The van der Waals surface area contributed by atoms with Crippen LogP contribution in [0, 0.1) is 5.92 Å². The highest BCUT2D eigenvalue weighted by molar-refractivity contribution is 14.0. The summed E-state index contributed by atoms with van der Waals surface area (Å²) in [6.45, 7) is 10.4. The molecule has 5 heteroatoms. The molecule has 26 heavy (non-hydrogen) atoms. The molecule has 1 aliphatic heterocycles. The van der Waals surface area contributed by atoms with Crippen molar-refractivity contribution in [2.24, 2.45) is 10.9 Å². The van der Waals surface area contributed by atoms with Gasteiger partial charge in [-0.1, -0.05) is 38.1 Å². The molecule has 146 valence electrons. The molecule has 2 fully saturated rings. The van der Waals surface area contributed by atoms with E-state index in [1.54, 1.807) is 7.11 Å². The third-order valence-corrected chi connectivity index (χ3v) is 5.43. The van der Waals surface area contributed by atoms with Gasteiger partial charge >= 0.3 is 0 Å². The predicted molar refractivity (Wildman–Crippen MR) is 120 cm³/mol. The van der Waals surface area contributed by atoms with Crippen molar-refractivity contribution in [1.29, 1.82) is 0 Å². The van der Waals surface area contributed by atoms with Gasteiger partial charge in [0.2, 0.25) is 0 Å². The van der Waals surface area contributed by atoms with E-state index in [0.717, 1.165) is 32.2 Å². The van der Waals surface area contributed by atoms with Gasteiger partial charge < -0.3 is 15.0 Å². The smallest absolute Gasteiger partial charge is 0.194 e. The molecule has 1 aliphatic carbocycles. The molecule has 1 saturated heterocycles. The van der Waals surface area contributed by atoms with Crippen molar-refractivity contribution in [3.05, 3.63) is 35.4 Å². The number of nitrogens with zero attached hydrogens (tertiary/aromatic N) is 2. The lowest BCUT2D eigenvalue weighted by molar-refractivity contribution is 0.157. The zero-order chi connectivity index (χ0) is 17.8. The lowest BCUT2D eigenvalue weighted by Crippen LogP contribution is -2.42.